The molecule has 0 saturated carbocycles. The van der Waals surface area contributed by atoms with Crippen molar-refractivity contribution in [3.8, 4) is 0 Å². The molecule has 17 heavy (non-hydrogen) atoms. The van der Waals surface area contributed by atoms with Crippen LogP contribution in [0.15, 0.2) is 34.6 Å². The van der Waals surface area contributed by atoms with Crippen molar-refractivity contribution in [1.82, 2.24) is 20.1 Å². The van der Waals surface area contributed by atoms with Crippen molar-refractivity contribution in [2.24, 2.45) is 7.05 Å². The van der Waals surface area contributed by atoms with Gasteiger partial charge in [0.1, 0.15) is 12.1 Å². The predicted molar refractivity (Wildman–Crippen MR) is 64.3 cm³/mol. The van der Waals surface area contributed by atoms with Gasteiger partial charge in [0, 0.05) is 24.1 Å². The highest BCUT2D eigenvalue weighted by Gasteiger charge is 2.11. The molecule has 0 aliphatic heterocycles. The standard InChI is InChI=1S/C11H13FN4S/c1-13-6-8-9(12)4-3-5-10(8)17-11-15-14-7-16(11)2/h3-5,7,13H,6H2,1-2H3. The van der Waals surface area contributed by atoms with Crippen LogP contribution >= 0.6 is 11.8 Å². The van der Waals surface area contributed by atoms with E-state index in [1.807, 2.05) is 13.1 Å². The van der Waals surface area contributed by atoms with Gasteiger partial charge in [0.25, 0.3) is 0 Å². The summed E-state index contributed by atoms with van der Waals surface area (Å²) in [6.45, 7) is 0.493. The van der Waals surface area contributed by atoms with E-state index in [1.54, 1.807) is 24.0 Å². The van der Waals surface area contributed by atoms with Gasteiger partial charge >= 0.3 is 0 Å². The van der Waals surface area contributed by atoms with E-state index >= 15 is 0 Å². The Labute approximate surface area is 103 Å². The molecule has 1 aromatic heterocycles. The van der Waals surface area contributed by atoms with E-state index in [4.69, 9.17) is 0 Å². The molecular weight excluding hydrogens is 239 g/mol. The van der Waals surface area contributed by atoms with Gasteiger partial charge in [-0.1, -0.05) is 6.07 Å². The lowest BCUT2D eigenvalue weighted by Crippen LogP contribution is -2.08. The first-order valence-electron chi connectivity index (χ1n) is 5.16. The molecule has 0 aliphatic rings. The fourth-order valence-corrected chi connectivity index (χ4v) is 2.36. The van der Waals surface area contributed by atoms with Crippen molar-refractivity contribution in [3.63, 3.8) is 0 Å². The van der Waals surface area contributed by atoms with Crippen LogP contribution in [-0.2, 0) is 13.6 Å². The van der Waals surface area contributed by atoms with Crippen LogP contribution in [0, 0.1) is 5.82 Å². The summed E-state index contributed by atoms with van der Waals surface area (Å²) in [6, 6.07) is 5.05. The Bertz CT molecular complexity index is 512. The number of benzene rings is 1. The molecule has 2 aromatic rings. The molecule has 1 N–H and O–H groups in total. The largest absolute Gasteiger partial charge is 0.316 e. The highest BCUT2D eigenvalue weighted by molar-refractivity contribution is 7.99. The summed E-state index contributed by atoms with van der Waals surface area (Å²) >= 11 is 1.41. The molecule has 0 aliphatic carbocycles. The van der Waals surface area contributed by atoms with Crippen LogP contribution in [0.5, 0.6) is 0 Å². The van der Waals surface area contributed by atoms with Crippen molar-refractivity contribution < 1.29 is 4.39 Å². The maximum Gasteiger partial charge on any atom is 0.195 e. The summed E-state index contributed by atoms with van der Waals surface area (Å²) in [7, 11) is 3.66. The van der Waals surface area contributed by atoms with E-state index < -0.39 is 0 Å². The number of halogens is 1. The molecular formula is C11H13FN4S. The minimum absolute atomic E-state index is 0.202. The van der Waals surface area contributed by atoms with Gasteiger partial charge in [-0.25, -0.2) is 4.39 Å². The second-order valence-corrected chi connectivity index (χ2v) is 4.58. The van der Waals surface area contributed by atoms with Gasteiger partial charge in [-0.05, 0) is 30.9 Å². The molecule has 1 aromatic carbocycles. The molecule has 0 saturated heterocycles. The lowest BCUT2D eigenvalue weighted by atomic mass is 10.2. The Morgan fingerprint density at radius 3 is 2.94 bits per heavy atom. The highest BCUT2D eigenvalue weighted by atomic mass is 32.2. The third-order valence-corrected chi connectivity index (χ3v) is 3.46. The zero-order valence-electron chi connectivity index (χ0n) is 9.64. The Morgan fingerprint density at radius 1 is 1.47 bits per heavy atom. The van der Waals surface area contributed by atoms with E-state index in [2.05, 4.69) is 15.5 Å². The molecule has 0 radical (unpaired) electrons. The van der Waals surface area contributed by atoms with E-state index in [0.29, 0.717) is 12.1 Å². The number of aryl methyl sites for hydroxylation is 1. The zero-order chi connectivity index (χ0) is 12.3. The van der Waals surface area contributed by atoms with Crippen molar-refractivity contribution in [2.45, 2.75) is 16.6 Å². The van der Waals surface area contributed by atoms with E-state index in [1.165, 1.54) is 17.8 Å². The summed E-state index contributed by atoms with van der Waals surface area (Å²) in [6.07, 6.45) is 1.62. The lowest BCUT2D eigenvalue weighted by Gasteiger charge is -2.09. The van der Waals surface area contributed by atoms with Crippen molar-refractivity contribution in [1.29, 1.82) is 0 Å². The summed E-state index contributed by atoms with van der Waals surface area (Å²) in [4.78, 5) is 0.857. The van der Waals surface area contributed by atoms with Crippen LogP contribution in [0.1, 0.15) is 5.56 Å². The Balaban J connectivity index is 2.32. The molecule has 0 atom stereocenters. The molecule has 0 bridgehead atoms. The summed E-state index contributed by atoms with van der Waals surface area (Å²) in [5.74, 6) is -0.202. The Morgan fingerprint density at radius 2 is 2.29 bits per heavy atom. The van der Waals surface area contributed by atoms with Crippen molar-refractivity contribution in [2.75, 3.05) is 7.05 Å². The summed E-state index contributed by atoms with van der Waals surface area (Å²) < 4.78 is 15.5. The lowest BCUT2D eigenvalue weighted by molar-refractivity contribution is 0.593. The number of aromatic nitrogens is 3. The van der Waals surface area contributed by atoms with Crippen molar-refractivity contribution in [3.05, 3.63) is 35.9 Å². The third kappa shape index (κ3) is 2.65. The zero-order valence-corrected chi connectivity index (χ0v) is 10.5. The maximum atomic E-state index is 13.7. The molecule has 4 nitrogen and oxygen atoms in total. The van der Waals surface area contributed by atoms with Crippen LogP contribution < -0.4 is 5.32 Å². The molecule has 0 unspecified atom stereocenters. The third-order valence-electron chi connectivity index (χ3n) is 2.30. The molecule has 90 valence electrons. The fraction of sp³-hybridized carbons (Fsp3) is 0.273. The molecule has 1 heterocycles. The van der Waals surface area contributed by atoms with Crippen molar-refractivity contribution >= 4 is 11.8 Å². The van der Waals surface area contributed by atoms with Gasteiger partial charge in [-0.3, -0.25) is 0 Å². The first kappa shape index (κ1) is 12.1. The minimum atomic E-state index is -0.202. The average Bonchev–Trinajstić information content (AvgIpc) is 2.70. The summed E-state index contributed by atoms with van der Waals surface area (Å²) in [5, 5.41) is 11.5. The summed E-state index contributed by atoms with van der Waals surface area (Å²) in [5.41, 5.74) is 0.656. The normalized spacial score (nSPS) is 10.8. The van der Waals surface area contributed by atoms with Gasteiger partial charge in [-0.2, -0.15) is 0 Å². The van der Waals surface area contributed by atoms with Crippen LogP contribution in [0.2, 0.25) is 0 Å². The van der Waals surface area contributed by atoms with Crippen LogP contribution in [0.25, 0.3) is 0 Å². The molecule has 2 rings (SSSR count). The predicted octanol–water partition coefficient (Wildman–Crippen LogP) is 1.82. The van der Waals surface area contributed by atoms with Gasteiger partial charge in [0.15, 0.2) is 5.16 Å². The van der Waals surface area contributed by atoms with Crippen LogP contribution in [-0.4, -0.2) is 21.8 Å². The number of nitrogens with one attached hydrogen (secondary N) is 1. The monoisotopic (exact) mass is 252 g/mol. The number of nitrogens with zero attached hydrogens (tertiary/aromatic N) is 3. The Kier molecular flexibility index (Phi) is 3.75. The molecule has 0 amide bonds. The quantitative estimate of drug-likeness (QED) is 0.901. The van der Waals surface area contributed by atoms with Crippen LogP contribution in [0.4, 0.5) is 4.39 Å². The van der Waals surface area contributed by atoms with Gasteiger partial charge < -0.3 is 9.88 Å². The van der Waals surface area contributed by atoms with E-state index in [-0.39, 0.29) is 5.82 Å². The SMILES string of the molecule is CNCc1c(F)cccc1Sc1nncn1C. The number of rotatable bonds is 4. The minimum Gasteiger partial charge on any atom is -0.316 e. The van der Waals surface area contributed by atoms with E-state index in [9.17, 15) is 4.39 Å². The Hall–Kier alpha value is -1.40. The van der Waals surface area contributed by atoms with E-state index in [0.717, 1.165) is 10.1 Å². The fourth-order valence-electron chi connectivity index (χ4n) is 1.45. The topological polar surface area (TPSA) is 42.7 Å². The van der Waals surface area contributed by atoms with Crippen LogP contribution in [0.3, 0.4) is 0 Å². The maximum absolute atomic E-state index is 13.7. The average molecular weight is 252 g/mol. The number of hydrogen-bond acceptors (Lipinski definition) is 4. The second kappa shape index (κ2) is 5.29. The first-order chi connectivity index (χ1) is 8.22. The molecule has 6 heteroatoms. The second-order valence-electron chi connectivity index (χ2n) is 3.57. The molecule has 0 spiro atoms. The molecule has 0 fully saturated rings. The first-order valence-corrected chi connectivity index (χ1v) is 5.98. The van der Waals surface area contributed by atoms with Gasteiger partial charge in [0.05, 0.1) is 0 Å². The van der Waals surface area contributed by atoms with Gasteiger partial charge in [0.2, 0.25) is 0 Å². The highest BCUT2D eigenvalue weighted by Crippen LogP contribution is 2.29. The van der Waals surface area contributed by atoms with Gasteiger partial charge in [-0.15, -0.1) is 10.2 Å². The number of hydrogen-bond donors (Lipinski definition) is 1. The smallest absolute Gasteiger partial charge is 0.195 e.